The van der Waals surface area contributed by atoms with Gasteiger partial charge in [0.1, 0.15) is 12.3 Å². The van der Waals surface area contributed by atoms with Crippen LogP contribution in [0, 0.1) is 6.92 Å². The van der Waals surface area contributed by atoms with Gasteiger partial charge in [0.2, 0.25) is 12.7 Å². The number of carbonyl (C=O) groups excluding carboxylic acids is 1. The zero-order chi connectivity index (χ0) is 24.1. The third-order valence-electron chi connectivity index (χ3n) is 5.26. The molecular weight excluding hydrogens is 456 g/mol. The molecule has 8 nitrogen and oxygen atoms in total. The summed E-state index contributed by atoms with van der Waals surface area (Å²) in [5.41, 5.74) is 2.03. The van der Waals surface area contributed by atoms with Crippen LogP contribution in [0.2, 0.25) is 0 Å². The fraction of sp³-hybridized carbons (Fsp3) is 0.240. The third kappa shape index (κ3) is 5.09. The number of fused-ring (bicyclic) bond motifs is 1. The van der Waals surface area contributed by atoms with Crippen molar-refractivity contribution in [2.24, 2.45) is 0 Å². The molecule has 9 heteroatoms. The van der Waals surface area contributed by atoms with Crippen molar-refractivity contribution in [3.8, 4) is 17.2 Å². The lowest BCUT2D eigenvalue weighted by atomic mass is 10.2. The number of sulfonamides is 1. The second kappa shape index (κ2) is 10.0. The number of hydrogen-bond acceptors (Lipinski definition) is 6. The number of amides is 1. The van der Waals surface area contributed by atoms with E-state index in [2.05, 4.69) is 5.32 Å². The van der Waals surface area contributed by atoms with E-state index in [1.165, 1.54) is 12.1 Å². The molecular formula is C25H26N2O6S. The molecule has 178 valence electrons. The van der Waals surface area contributed by atoms with Gasteiger partial charge in [-0.15, -0.1) is 0 Å². The van der Waals surface area contributed by atoms with Crippen LogP contribution in [0.1, 0.15) is 18.1 Å². The van der Waals surface area contributed by atoms with Crippen LogP contribution in [0.3, 0.4) is 0 Å². The van der Waals surface area contributed by atoms with Gasteiger partial charge < -0.3 is 19.5 Å². The maximum atomic E-state index is 13.6. The number of para-hydroxylation sites is 2. The van der Waals surface area contributed by atoms with Gasteiger partial charge in [0, 0.05) is 6.54 Å². The van der Waals surface area contributed by atoms with Gasteiger partial charge in [-0.05, 0) is 55.8 Å². The summed E-state index contributed by atoms with van der Waals surface area (Å²) in [6.45, 7) is 4.00. The molecule has 3 aromatic rings. The van der Waals surface area contributed by atoms with Crippen LogP contribution in [0.5, 0.6) is 17.2 Å². The molecule has 0 saturated carbocycles. The van der Waals surface area contributed by atoms with Crippen LogP contribution < -0.4 is 23.8 Å². The van der Waals surface area contributed by atoms with Gasteiger partial charge >= 0.3 is 0 Å². The number of hydrogen-bond donors (Lipinski definition) is 1. The minimum absolute atomic E-state index is 0.0907. The second-order valence-electron chi connectivity index (χ2n) is 7.69. The number of nitrogens with zero attached hydrogens (tertiary/aromatic N) is 1. The number of carbonyl (C=O) groups is 1. The van der Waals surface area contributed by atoms with Crippen LogP contribution in [0.15, 0.2) is 71.6 Å². The third-order valence-corrected chi connectivity index (χ3v) is 7.03. The fourth-order valence-corrected chi connectivity index (χ4v) is 4.95. The number of aryl methyl sites for hydroxylation is 1. The van der Waals surface area contributed by atoms with E-state index < -0.39 is 22.5 Å². The maximum absolute atomic E-state index is 13.6. The fourth-order valence-electron chi connectivity index (χ4n) is 3.52. The van der Waals surface area contributed by atoms with E-state index in [9.17, 15) is 13.2 Å². The zero-order valence-electron chi connectivity index (χ0n) is 19.0. The average Bonchev–Trinajstić information content (AvgIpc) is 3.30. The van der Waals surface area contributed by atoms with Crippen LogP contribution in [-0.4, -0.2) is 34.3 Å². The van der Waals surface area contributed by atoms with Crippen molar-refractivity contribution in [1.29, 1.82) is 0 Å². The van der Waals surface area contributed by atoms with E-state index >= 15 is 0 Å². The summed E-state index contributed by atoms with van der Waals surface area (Å²) < 4.78 is 44.6. The van der Waals surface area contributed by atoms with Crippen molar-refractivity contribution in [3.05, 3.63) is 77.9 Å². The van der Waals surface area contributed by atoms with E-state index in [-0.39, 0.29) is 18.2 Å². The molecule has 0 spiro atoms. The number of rotatable bonds is 9. The lowest BCUT2D eigenvalue weighted by Crippen LogP contribution is -2.40. The summed E-state index contributed by atoms with van der Waals surface area (Å²) in [6.07, 6.45) is 0. The standard InChI is InChI=1S/C25H26N2O6S/c1-3-31-22-7-5-4-6-21(22)27(34(29,30)20-11-8-18(2)9-12-20)16-25(28)26-15-19-10-13-23-24(14-19)33-17-32-23/h4-14H,3,15-17H2,1-2H3,(H,26,28). The first-order chi connectivity index (χ1) is 16.4. The molecule has 1 heterocycles. The van der Waals surface area contributed by atoms with E-state index in [1.54, 1.807) is 48.5 Å². The summed E-state index contributed by atoms with van der Waals surface area (Å²) in [5.74, 6) is 1.18. The summed E-state index contributed by atoms with van der Waals surface area (Å²) in [6, 6.07) is 18.7. The number of anilines is 1. The van der Waals surface area contributed by atoms with E-state index in [4.69, 9.17) is 14.2 Å². The van der Waals surface area contributed by atoms with Crippen LogP contribution in [0.4, 0.5) is 5.69 Å². The highest BCUT2D eigenvalue weighted by Crippen LogP contribution is 2.33. The van der Waals surface area contributed by atoms with Crippen LogP contribution in [0.25, 0.3) is 0 Å². The quantitative estimate of drug-likeness (QED) is 0.501. The smallest absolute Gasteiger partial charge is 0.264 e. The van der Waals surface area contributed by atoms with E-state index in [1.807, 2.05) is 19.9 Å². The highest BCUT2D eigenvalue weighted by Gasteiger charge is 2.29. The molecule has 4 rings (SSSR count). The Hall–Kier alpha value is -3.72. The molecule has 0 fully saturated rings. The summed E-state index contributed by atoms with van der Waals surface area (Å²) in [7, 11) is -4.04. The molecule has 0 atom stereocenters. The monoisotopic (exact) mass is 482 g/mol. The molecule has 1 aliphatic heterocycles. The van der Waals surface area contributed by atoms with Crippen molar-refractivity contribution in [1.82, 2.24) is 5.32 Å². The van der Waals surface area contributed by atoms with Gasteiger partial charge in [-0.25, -0.2) is 8.42 Å². The molecule has 0 aliphatic carbocycles. The Kier molecular flexibility index (Phi) is 6.93. The molecule has 1 N–H and O–H groups in total. The van der Waals surface area contributed by atoms with Crippen LogP contribution in [-0.2, 0) is 21.4 Å². The zero-order valence-corrected chi connectivity index (χ0v) is 19.8. The molecule has 1 aliphatic rings. The van der Waals surface area contributed by atoms with Gasteiger partial charge in [0.15, 0.2) is 11.5 Å². The average molecular weight is 483 g/mol. The van der Waals surface area contributed by atoms with Crippen molar-refractivity contribution in [3.63, 3.8) is 0 Å². The summed E-state index contributed by atoms with van der Waals surface area (Å²) >= 11 is 0. The normalized spacial score (nSPS) is 12.3. The first kappa shape index (κ1) is 23.4. The largest absolute Gasteiger partial charge is 0.492 e. The molecule has 1 amide bonds. The Morgan fingerprint density at radius 3 is 2.53 bits per heavy atom. The molecule has 0 aromatic heterocycles. The van der Waals surface area contributed by atoms with Gasteiger partial charge in [-0.1, -0.05) is 35.9 Å². The van der Waals surface area contributed by atoms with Crippen molar-refractivity contribution < 1.29 is 27.4 Å². The Morgan fingerprint density at radius 2 is 1.76 bits per heavy atom. The molecule has 34 heavy (non-hydrogen) atoms. The predicted molar refractivity (Wildman–Crippen MR) is 128 cm³/mol. The summed E-state index contributed by atoms with van der Waals surface area (Å²) in [4.78, 5) is 13.0. The highest BCUT2D eigenvalue weighted by atomic mass is 32.2. The first-order valence-electron chi connectivity index (χ1n) is 10.8. The summed E-state index contributed by atoms with van der Waals surface area (Å²) in [5, 5.41) is 2.79. The Balaban J connectivity index is 1.59. The molecule has 0 saturated heterocycles. The van der Waals surface area contributed by atoms with Gasteiger partial charge in [-0.2, -0.15) is 0 Å². The SMILES string of the molecule is CCOc1ccccc1N(CC(=O)NCc1ccc2c(c1)OCO2)S(=O)(=O)c1ccc(C)cc1. The van der Waals surface area contributed by atoms with E-state index in [0.29, 0.717) is 29.5 Å². The maximum Gasteiger partial charge on any atom is 0.264 e. The first-order valence-corrected chi connectivity index (χ1v) is 12.3. The van der Waals surface area contributed by atoms with Gasteiger partial charge in [0.05, 0.1) is 17.2 Å². The molecule has 0 bridgehead atoms. The lowest BCUT2D eigenvalue weighted by molar-refractivity contribution is -0.119. The Labute approximate surface area is 199 Å². The van der Waals surface area contributed by atoms with E-state index in [0.717, 1.165) is 15.4 Å². The van der Waals surface area contributed by atoms with Gasteiger partial charge in [0.25, 0.3) is 10.0 Å². The second-order valence-corrected chi connectivity index (χ2v) is 9.55. The molecule has 3 aromatic carbocycles. The number of ether oxygens (including phenoxy) is 3. The minimum atomic E-state index is -4.04. The highest BCUT2D eigenvalue weighted by molar-refractivity contribution is 7.92. The lowest BCUT2D eigenvalue weighted by Gasteiger charge is -2.26. The van der Waals surface area contributed by atoms with Crippen LogP contribution >= 0.6 is 0 Å². The topological polar surface area (TPSA) is 94.2 Å². The molecule has 0 unspecified atom stereocenters. The Morgan fingerprint density at radius 1 is 1.03 bits per heavy atom. The number of nitrogens with one attached hydrogen (secondary N) is 1. The molecule has 0 radical (unpaired) electrons. The predicted octanol–water partition coefficient (Wildman–Crippen LogP) is 3.63. The minimum Gasteiger partial charge on any atom is -0.492 e. The Bertz CT molecular complexity index is 1270. The van der Waals surface area contributed by atoms with Gasteiger partial charge in [-0.3, -0.25) is 9.10 Å². The number of benzene rings is 3. The van der Waals surface area contributed by atoms with Crippen molar-refractivity contribution in [2.75, 3.05) is 24.2 Å². The van der Waals surface area contributed by atoms with Crippen molar-refractivity contribution >= 4 is 21.6 Å². The van der Waals surface area contributed by atoms with Crippen molar-refractivity contribution in [2.45, 2.75) is 25.3 Å².